The molecule has 0 spiro atoms. The highest BCUT2D eigenvalue weighted by molar-refractivity contribution is 5.79. The van der Waals surface area contributed by atoms with Gasteiger partial charge in [-0.05, 0) is 45.0 Å². The van der Waals surface area contributed by atoms with Crippen molar-refractivity contribution in [3.8, 4) is 28.3 Å². The van der Waals surface area contributed by atoms with Crippen molar-refractivity contribution < 1.29 is 14.3 Å². The molecule has 0 radical (unpaired) electrons. The Kier molecular flexibility index (Phi) is 5.26. The minimum atomic E-state index is -0.552. The minimum Gasteiger partial charge on any atom is -0.497 e. The lowest BCUT2D eigenvalue weighted by atomic mass is 10.0. The number of nitrogens with zero attached hydrogens (tertiary/aromatic N) is 3. The quantitative estimate of drug-likeness (QED) is 0.640. The summed E-state index contributed by atoms with van der Waals surface area (Å²) in [5.41, 5.74) is 2.74. The van der Waals surface area contributed by atoms with Gasteiger partial charge < -0.3 is 9.47 Å². The lowest BCUT2D eigenvalue weighted by Gasteiger charge is -2.19. The predicted molar refractivity (Wildman–Crippen MR) is 103 cm³/mol. The molecule has 1 aromatic heterocycles. The molecule has 0 amide bonds. The number of methoxy groups -OCH3 is 1. The number of carbonyl (C=O) groups is 1. The van der Waals surface area contributed by atoms with Gasteiger partial charge in [-0.15, -0.1) is 5.10 Å². The highest BCUT2D eigenvalue weighted by Crippen LogP contribution is 2.31. The largest absolute Gasteiger partial charge is 0.497 e. The fourth-order valence-corrected chi connectivity index (χ4v) is 2.74. The number of rotatable bonds is 5. The molecule has 0 aliphatic heterocycles. The molecule has 0 bridgehead atoms. The van der Waals surface area contributed by atoms with E-state index in [1.807, 2.05) is 75.4 Å². The van der Waals surface area contributed by atoms with E-state index in [-0.39, 0.29) is 12.5 Å². The van der Waals surface area contributed by atoms with Crippen molar-refractivity contribution in [2.75, 3.05) is 7.11 Å². The second kappa shape index (κ2) is 7.61. The van der Waals surface area contributed by atoms with E-state index in [1.165, 1.54) is 0 Å². The van der Waals surface area contributed by atoms with Gasteiger partial charge in [0.25, 0.3) is 0 Å². The minimum absolute atomic E-state index is 0.00927. The second-order valence-corrected chi connectivity index (χ2v) is 7.13. The fourth-order valence-electron chi connectivity index (χ4n) is 2.74. The van der Waals surface area contributed by atoms with Crippen molar-refractivity contribution in [3.63, 3.8) is 0 Å². The van der Waals surface area contributed by atoms with Gasteiger partial charge in [0.1, 0.15) is 23.6 Å². The summed E-state index contributed by atoms with van der Waals surface area (Å²) < 4.78 is 12.2. The van der Waals surface area contributed by atoms with E-state index in [9.17, 15) is 4.79 Å². The molecule has 27 heavy (non-hydrogen) atoms. The molecule has 1 heterocycles. The zero-order valence-corrected chi connectivity index (χ0v) is 16.0. The van der Waals surface area contributed by atoms with Crippen LogP contribution in [-0.4, -0.2) is 33.7 Å². The second-order valence-electron chi connectivity index (χ2n) is 7.13. The Morgan fingerprint density at radius 2 is 1.67 bits per heavy atom. The lowest BCUT2D eigenvalue weighted by molar-refractivity contribution is -0.155. The van der Waals surface area contributed by atoms with Crippen molar-refractivity contribution in [1.29, 1.82) is 0 Å². The maximum Gasteiger partial charge on any atom is 0.328 e. The van der Waals surface area contributed by atoms with Gasteiger partial charge in [0, 0.05) is 11.1 Å². The first kappa shape index (κ1) is 18.6. The standard InChI is InChI=1S/C21H23N3O3/c1-21(2,3)27-18(25)14-24-20(16-8-6-5-7-9-16)19(22-23-24)15-10-12-17(26-4)13-11-15/h5-13H,14H2,1-4H3. The van der Waals surface area contributed by atoms with Gasteiger partial charge in [-0.3, -0.25) is 4.79 Å². The van der Waals surface area contributed by atoms with E-state index in [0.29, 0.717) is 5.69 Å². The van der Waals surface area contributed by atoms with Crippen molar-refractivity contribution >= 4 is 5.97 Å². The van der Waals surface area contributed by atoms with Gasteiger partial charge in [0.15, 0.2) is 0 Å². The van der Waals surface area contributed by atoms with Crippen molar-refractivity contribution in [3.05, 3.63) is 54.6 Å². The number of carbonyl (C=O) groups excluding carboxylic acids is 1. The highest BCUT2D eigenvalue weighted by Gasteiger charge is 2.21. The van der Waals surface area contributed by atoms with Gasteiger partial charge in [-0.25, -0.2) is 4.68 Å². The number of hydrogen-bond donors (Lipinski definition) is 0. The molecule has 6 nitrogen and oxygen atoms in total. The lowest BCUT2D eigenvalue weighted by Crippen LogP contribution is -2.27. The molecule has 0 fully saturated rings. The summed E-state index contributed by atoms with van der Waals surface area (Å²) in [6.45, 7) is 5.51. The van der Waals surface area contributed by atoms with Crippen LogP contribution in [0.1, 0.15) is 20.8 Å². The van der Waals surface area contributed by atoms with Crippen molar-refractivity contribution in [2.24, 2.45) is 0 Å². The molecular weight excluding hydrogens is 342 g/mol. The molecule has 0 aliphatic rings. The van der Waals surface area contributed by atoms with E-state index in [0.717, 1.165) is 22.6 Å². The smallest absolute Gasteiger partial charge is 0.328 e. The zero-order chi connectivity index (χ0) is 19.4. The number of benzene rings is 2. The Bertz CT molecular complexity index is 910. The molecular formula is C21H23N3O3. The molecule has 6 heteroatoms. The Morgan fingerprint density at radius 1 is 1.00 bits per heavy atom. The van der Waals surface area contributed by atoms with Crippen LogP contribution in [0.2, 0.25) is 0 Å². The van der Waals surface area contributed by atoms with Crippen LogP contribution in [0.5, 0.6) is 5.75 Å². The van der Waals surface area contributed by atoms with E-state index in [1.54, 1.807) is 11.8 Å². The van der Waals surface area contributed by atoms with E-state index < -0.39 is 5.60 Å². The molecule has 3 aromatic rings. The Labute approximate surface area is 158 Å². The summed E-state index contributed by atoms with van der Waals surface area (Å²) in [7, 11) is 1.63. The van der Waals surface area contributed by atoms with E-state index >= 15 is 0 Å². The van der Waals surface area contributed by atoms with Crippen LogP contribution < -0.4 is 4.74 Å². The van der Waals surface area contributed by atoms with Crippen LogP contribution in [0.3, 0.4) is 0 Å². The SMILES string of the molecule is COc1ccc(-c2nnn(CC(=O)OC(C)(C)C)c2-c2ccccc2)cc1. The van der Waals surface area contributed by atoms with Gasteiger partial charge >= 0.3 is 5.97 Å². The van der Waals surface area contributed by atoms with Crippen molar-refractivity contribution in [1.82, 2.24) is 15.0 Å². The number of ether oxygens (including phenoxy) is 2. The van der Waals surface area contributed by atoms with Crippen LogP contribution in [-0.2, 0) is 16.1 Å². The fraction of sp³-hybridized carbons (Fsp3) is 0.286. The van der Waals surface area contributed by atoms with Crippen LogP contribution in [0.25, 0.3) is 22.5 Å². The average molecular weight is 365 g/mol. The van der Waals surface area contributed by atoms with Crippen LogP contribution in [0.4, 0.5) is 0 Å². The Balaban J connectivity index is 2.01. The van der Waals surface area contributed by atoms with E-state index in [4.69, 9.17) is 9.47 Å². The molecule has 0 atom stereocenters. The molecule has 3 rings (SSSR count). The zero-order valence-electron chi connectivity index (χ0n) is 16.0. The van der Waals surface area contributed by atoms with Crippen LogP contribution >= 0.6 is 0 Å². The summed E-state index contributed by atoms with van der Waals surface area (Å²) in [6, 6.07) is 17.4. The summed E-state index contributed by atoms with van der Waals surface area (Å²) in [5.74, 6) is 0.409. The molecule has 0 saturated heterocycles. The van der Waals surface area contributed by atoms with E-state index in [2.05, 4.69) is 10.3 Å². The highest BCUT2D eigenvalue weighted by atomic mass is 16.6. The Morgan fingerprint density at radius 3 is 2.26 bits per heavy atom. The molecule has 2 aromatic carbocycles. The maximum absolute atomic E-state index is 12.3. The molecule has 0 saturated carbocycles. The van der Waals surface area contributed by atoms with Gasteiger partial charge in [-0.2, -0.15) is 0 Å². The topological polar surface area (TPSA) is 66.2 Å². The third-order valence-corrected chi connectivity index (χ3v) is 3.84. The molecule has 0 N–H and O–H groups in total. The summed E-state index contributed by atoms with van der Waals surface area (Å²) in [6.07, 6.45) is 0. The molecule has 0 unspecified atom stereocenters. The Hall–Kier alpha value is -3.15. The van der Waals surface area contributed by atoms with Crippen molar-refractivity contribution in [2.45, 2.75) is 32.9 Å². The molecule has 140 valence electrons. The van der Waals surface area contributed by atoms with Gasteiger partial charge in [0.05, 0.1) is 12.8 Å². The first-order valence-electron chi connectivity index (χ1n) is 8.72. The van der Waals surface area contributed by atoms with Crippen LogP contribution in [0, 0.1) is 0 Å². The average Bonchev–Trinajstić information content (AvgIpc) is 3.04. The third kappa shape index (κ3) is 4.53. The first-order chi connectivity index (χ1) is 12.9. The first-order valence-corrected chi connectivity index (χ1v) is 8.72. The summed E-state index contributed by atoms with van der Waals surface area (Å²) >= 11 is 0. The summed E-state index contributed by atoms with van der Waals surface area (Å²) in [5, 5.41) is 8.55. The number of esters is 1. The monoisotopic (exact) mass is 365 g/mol. The summed E-state index contributed by atoms with van der Waals surface area (Å²) in [4.78, 5) is 12.3. The van der Waals surface area contributed by atoms with Crippen LogP contribution in [0.15, 0.2) is 54.6 Å². The third-order valence-electron chi connectivity index (χ3n) is 3.84. The van der Waals surface area contributed by atoms with Gasteiger partial charge in [-0.1, -0.05) is 35.5 Å². The maximum atomic E-state index is 12.3. The number of aromatic nitrogens is 3. The normalized spacial score (nSPS) is 11.3. The van der Waals surface area contributed by atoms with Gasteiger partial charge in [0.2, 0.25) is 0 Å². The predicted octanol–water partition coefficient (Wildman–Crippen LogP) is 3.96. The number of hydrogen-bond acceptors (Lipinski definition) is 5. The molecule has 0 aliphatic carbocycles.